The fourth-order valence-corrected chi connectivity index (χ4v) is 3.14. The average molecular weight is 246 g/mol. The summed E-state index contributed by atoms with van der Waals surface area (Å²) < 4.78 is 0. The summed E-state index contributed by atoms with van der Waals surface area (Å²) in [6, 6.07) is 5.92. The SMILES string of the molecule is CNC1CCC(Nc2c(C)cc(C)cc2C)CC1. The Morgan fingerprint density at radius 2 is 1.39 bits per heavy atom. The van der Waals surface area contributed by atoms with Crippen LogP contribution in [-0.2, 0) is 0 Å². The molecule has 0 spiro atoms. The zero-order chi connectivity index (χ0) is 13.1. The van der Waals surface area contributed by atoms with Crippen LogP contribution in [0.2, 0.25) is 0 Å². The van der Waals surface area contributed by atoms with Gasteiger partial charge < -0.3 is 10.6 Å². The van der Waals surface area contributed by atoms with E-state index >= 15 is 0 Å². The summed E-state index contributed by atoms with van der Waals surface area (Å²) >= 11 is 0. The first-order valence-electron chi connectivity index (χ1n) is 7.12. The lowest BCUT2D eigenvalue weighted by Gasteiger charge is -2.30. The lowest BCUT2D eigenvalue weighted by Crippen LogP contribution is -2.35. The average Bonchev–Trinajstić information content (AvgIpc) is 2.34. The molecule has 2 rings (SSSR count). The molecule has 0 radical (unpaired) electrons. The maximum absolute atomic E-state index is 3.76. The molecule has 1 fully saturated rings. The summed E-state index contributed by atoms with van der Waals surface area (Å²) in [5.41, 5.74) is 5.47. The number of hydrogen-bond donors (Lipinski definition) is 2. The molecule has 0 heterocycles. The number of benzene rings is 1. The molecule has 0 unspecified atom stereocenters. The Labute approximate surface area is 111 Å². The number of nitrogens with one attached hydrogen (secondary N) is 2. The first-order chi connectivity index (χ1) is 8.60. The van der Waals surface area contributed by atoms with Crippen LogP contribution in [0.15, 0.2) is 12.1 Å². The van der Waals surface area contributed by atoms with Gasteiger partial charge in [-0.15, -0.1) is 0 Å². The minimum atomic E-state index is 0.648. The molecule has 0 aliphatic heterocycles. The van der Waals surface area contributed by atoms with E-state index in [2.05, 4.69) is 50.6 Å². The van der Waals surface area contributed by atoms with E-state index in [-0.39, 0.29) is 0 Å². The molecule has 1 aromatic rings. The molecule has 0 saturated heterocycles. The van der Waals surface area contributed by atoms with E-state index in [1.807, 2.05) is 0 Å². The van der Waals surface area contributed by atoms with Crippen molar-refractivity contribution in [2.75, 3.05) is 12.4 Å². The van der Waals surface area contributed by atoms with Gasteiger partial charge in [-0.05, 0) is 64.6 Å². The van der Waals surface area contributed by atoms with Gasteiger partial charge >= 0.3 is 0 Å². The Kier molecular flexibility index (Phi) is 4.28. The second-order valence-corrected chi connectivity index (χ2v) is 5.76. The summed E-state index contributed by atoms with van der Waals surface area (Å²) in [6.07, 6.45) is 5.13. The molecule has 1 aliphatic rings. The normalized spacial score (nSPS) is 24.0. The highest BCUT2D eigenvalue weighted by Gasteiger charge is 2.20. The van der Waals surface area contributed by atoms with Gasteiger partial charge in [0, 0.05) is 17.8 Å². The third-order valence-electron chi connectivity index (χ3n) is 4.16. The van der Waals surface area contributed by atoms with Crippen LogP contribution >= 0.6 is 0 Å². The van der Waals surface area contributed by atoms with Gasteiger partial charge in [-0.25, -0.2) is 0 Å². The van der Waals surface area contributed by atoms with E-state index < -0.39 is 0 Å². The molecular weight excluding hydrogens is 220 g/mol. The van der Waals surface area contributed by atoms with Crippen molar-refractivity contribution in [3.63, 3.8) is 0 Å². The second kappa shape index (κ2) is 5.75. The maximum Gasteiger partial charge on any atom is 0.0401 e. The van der Waals surface area contributed by atoms with Gasteiger partial charge in [0.05, 0.1) is 0 Å². The summed E-state index contributed by atoms with van der Waals surface area (Å²) in [6.45, 7) is 6.59. The summed E-state index contributed by atoms with van der Waals surface area (Å²) in [5, 5.41) is 7.15. The van der Waals surface area contributed by atoms with Crippen LogP contribution in [0.4, 0.5) is 5.69 Å². The lowest BCUT2D eigenvalue weighted by molar-refractivity contribution is 0.371. The monoisotopic (exact) mass is 246 g/mol. The van der Waals surface area contributed by atoms with Crippen molar-refractivity contribution in [2.45, 2.75) is 58.5 Å². The van der Waals surface area contributed by atoms with Gasteiger partial charge in [-0.1, -0.05) is 17.7 Å². The molecule has 0 amide bonds. The first kappa shape index (κ1) is 13.4. The highest BCUT2D eigenvalue weighted by Crippen LogP contribution is 2.27. The van der Waals surface area contributed by atoms with Crippen LogP contribution in [0.5, 0.6) is 0 Å². The zero-order valence-corrected chi connectivity index (χ0v) is 12.1. The highest BCUT2D eigenvalue weighted by atomic mass is 14.9. The van der Waals surface area contributed by atoms with Gasteiger partial charge in [0.15, 0.2) is 0 Å². The first-order valence-corrected chi connectivity index (χ1v) is 7.12. The Hall–Kier alpha value is -1.02. The molecular formula is C16H26N2. The fraction of sp³-hybridized carbons (Fsp3) is 0.625. The smallest absolute Gasteiger partial charge is 0.0401 e. The van der Waals surface area contributed by atoms with Crippen LogP contribution in [0, 0.1) is 20.8 Å². The minimum absolute atomic E-state index is 0.648. The van der Waals surface area contributed by atoms with Crippen molar-refractivity contribution < 1.29 is 0 Å². The third-order valence-corrected chi connectivity index (χ3v) is 4.16. The fourth-order valence-electron chi connectivity index (χ4n) is 3.14. The van der Waals surface area contributed by atoms with Crippen LogP contribution in [0.3, 0.4) is 0 Å². The van der Waals surface area contributed by atoms with Crippen molar-refractivity contribution in [1.82, 2.24) is 5.32 Å². The van der Waals surface area contributed by atoms with E-state index in [1.54, 1.807) is 0 Å². The lowest BCUT2D eigenvalue weighted by atomic mass is 9.90. The third kappa shape index (κ3) is 3.05. The van der Waals surface area contributed by atoms with Crippen LogP contribution in [-0.4, -0.2) is 19.1 Å². The Balaban J connectivity index is 2.02. The van der Waals surface area contributed by atoms with Gasteiger partial charge in [0.25, 0.3) is 0 Å². The molecule has 2 N–H and O–H groups in total. The molecule has 2 nitrogen and oxygen atoms in total. The molecule has 1 saturated carbocycles. The molecule has 1 aliphatic carbocycles. The number of rotatable bonds is 3. The Morgan fingerprint density at radius 1 is 0.889 bits per heavy atom. The zero-order valence-electron chi connectivity index (χ0n) is 12.1. The Bertz CT molecular complexity index is 381. The van der Waals surface area contributed by atoms with Gasteiger partial charge in [-0.2, -0.15) is 0 Å². The molecule has 0 bridgehead atoms. The number of aryl methyl sites for hydroxylation is 3. The van der Waals surface area contributed by atoms with Crippen molar-refractivity contribution in [1.29, 1.82) is 0 Å². The predicted molar refractivity (Wildman–Crippen MR) is 79.4 cm³/mol. The molecule has 0 atom stereocenters. The van der Waals surface area contributed by atoms with E-state index in [4.69, 9.17) is 0 Å². The molecule has 1 aromatic carbocycles. The summed E-state index contributed by atoms with van der Waals surface area (Å²) in [4.78, 5) is 0. The molecule has 18 heavy (non-hydrogen) atoms. The standard InChI is InChI=1S/C16H26N2/c1-11-9-12(2)16(13(3)10-11)18-15-7-5-14(17-4)6-8-15/h9-10,14-15,17-18H,5-8H2,1-4H3. The van der Waals surface area contributed by atoms with Crippen molar-refractivity contribution in [2.24, 2.45) is 0 Å². The van der Waals surface area contributed by atoms with E-state index in [9.17, 15) is 0 Å². The van der Waals surface area contributed by atoms with Gasteiger partial charge in [-0.3, -0.25) is 0 Å². The van der Waals surface area contributed by atoms with Crippen molar-refractivity contribution in [3.05, 3.63) is 28.8 Å². The number of hydrogen-bond acceptors (Lipinski definition) is 2. The largest absolute Gasteiger partial charge is 0.382 e. The number of anilines is 1. The topological polar surface area (TPSA) is 24.1 Å². The van der Waals surface area contributed by atoms with Crippen LogP contribution in [0.25, 0.3) is 0 Å². The Morgan fingerprint density at radius 3 is 1.89 bits per heavy atom. The van der Waals surface area contributed by atoms with Crippen LogP contribution < -0.4 is 10.6 Å². The maximum atomic E-state index is 3.76. The minimum Gasteiger partial charge on any atom is -0.382 e. The molecule has 100 valence electrons. The molecule has 0 aromatic heterocycles. The second-order valence-electron chi connectivity index (χ2n) is 5.76. The van der Waals surface area contributed by atoms with E-state index in [0.29, 0.717) is 6.04 Å². The van der Waals surface area contributed by atoms with Crippen molar-refractivity contribution >= 4 is 5.69 Å². The van der Waals surface area contributed by atoms with Crippen LogP contribution in [0.1, 0.15) is 42.4 Å². The van der Waals surface area contributed by atoms with E-state index in [0.717, 1.165) is 6.04 Å². The molecule has 2 heteroatoms. The van der Waals surface area contributed by atoms with E-state index in [1.165, 1.54) is 48.1 Å². The quantitative estimate of drug-likeness (QED) is 0.852. The van der Waals surface area contributed by atoms with Gasteiger partial charge in [0.2, 0.25) is 0 Å². The van der Waals surface area contributed by atoms with Gasteiger partial charge in [0.1, 0.15) is 0 Å². The highest BCUT2D eigenvalue weighted by molar-refractivity contribution is 5.58. The summed E-state index contributed by atoms with van der Waals surface area (Å²) in [7, 11) is 2.08. The van der Waals surface area contributed by atoms with Crippen molar-refractivity contribution in [3.8, 4) is 0 Å². The summed E-state index contributed by atoms with van der Waals surface area (Å²) in [5.74, 6) is 0. The predicted octanol–water partition coefficient (Wildman–Crippen LogP) is 3.55.